The molecule has 2 aromatic carbocycles. The van der Waals surface area contributed by atoms with Crippen LogP contribution in [0.2, 0.25) is 0 Å². The van der Waals surface area contributed by atoms with Crippen LogP contribution < -0.4 is 20.7 Å². The van der Waals surface area contributed by atoms with E-state index in [4.69, 9.17) is 10.5 Å². The topological polar surface area (TPSA) is 150 Å². The van der Waals surface area contributed by atoms with Crippen LogP contribution in [0.4, 0.5) is 20.2 Å². The van der Waals surface area contributed by atoms with Crippen LogP contribution in [0.1, 0.15) is 22.5 Å². The number of nitriles is 1. The minimum absolute atomic E-state index is 0.105. The Hall–Kier alpha value is -4.99. The Morgan fingerprint density at radius 3 is 2.78 bits per heavy atom. The zero-order valence-electron chi connectivity index (χ0n) is 21.9. The first-order valence-electron chi connectivity index (χ1n) is 12.6. The van der Waals surface area contributed by atoms with Crippen LogP contribution in [-0.2, 0) is 0 Å². The van der Waals surface area contributed by atoms with Gasteiger partial charge in [0.05, 0.1) is 48.3 Å². The van der Waals surface area contributed by atoms with E-state index in [9.17, 15) is 23.9 Å². The number of aromatic nitrogens is 3. The number of pyridine rings is 1. The lowest BCUT2D eigenvalue weighted by Gasteiger charge is -2.28. The molecule has 208 valence electrons. The molecular weight excluding hydrogens is 532 g/mol. The number of aliphatic hydroxyl groups excluding tert-OH is 1. The van der Waals surface area contributed by atoms with Crippen molar-refractivity contribution in [2.24, 2.45) is 5.73 Å². The van der Waals surface area contributed by atoms with Gasteiger partial charge in [-0.1, -0.05) is 6.07 Å². The van der Waals surface area contributed by atoms with Crippen molar-refractivity contribution in [2.45, 2.75) is 18.5 Å². The molecular formula is C29H25F2N7O3. The van der Waals surface area contributed by atoms with Crippen LogP contribution in [0.3, 0.4) is 0 Å². The van der Waals surface area contributed by atoms with Gasteiger partial charge in [-0.25, -0.2) is 18.7 Å². The Balaban J connectivity index is 1.54. The fraction of sp³-hybridized carbons (Fsp3) is 0.207. The zero-order valence-corrected chi connectivity index (χ0v) is 21.9. The summed E-state index contributed by atoms with van der Waals surface area (Å²) in [5.74, 6) is -2.86. The number of anilines is 2. The fourth-order valence-electron chi connectivity index (χ4n) is 4.92. The number of halogens is 2. The van der Waals surface area contributed by atoms with Gasteiger partial charge in [-0.2, -0.15) is 5.26 Å². The highest BCUT2D eigenvalue weighted by atomic mass is 19.1. The summed E-state index contributed by atoms with van der Waals surface area (Å²) in [6.45, 7) is 0.268. The molecule has 1 fully saturated rings. The molecule has 1 aliphatic heterocycles. The predicted octanol–water partition coefficient (Wildman–Crippen LogP) is 3.51. The number of rotatable bonds is 7. The zero-order chi connectivity index (χ0) is 29.1. The largest absolute Gasteiger partial charge is 0.493 e. The fourth-order valence-corrected chi connectivity index (χ4v) is 4.92. The second-order valence-electron chi connectivity index (χ2n) is 9.41. The van der Waals surface area contributed by atoms with Crippen molar-refractivity contribution in [1.29, 1.82) is 5.26 Å². The number of carbonyl (C=O) groups excluding carboxylic acids is 1. The normalized spacial score (nSPS) is 16.3. The molecule has 41 heavy (non-hydrogen) atoms. The van der Waals surface area contributed by atoms with Crippen molar-refractivity contribution in [2.75, 3.05) is 30.5 Å². The van der Waals surface area contributed by atoms with E-state index < -0.39 is 17.5 Å². The van der Waals surface area contributed by atoms with E-state index in [0.717, 1.165) is 12.1 Å². The molecule has 1 amide bonds. The number of nitrogens with one attached hydrogen (secondary N) is 1. The number of hydrogen-bond acceptors (Lipinski definition) is 9. The average molecular weight is 558 g/mol. The van der Waals surface area contributed by atoms with E-state index in [1.807, 2.05) is 4.90 Å². The molecule has 4 aromatic rings. The summed E-state index contributed by atoms with van der Waals surface area (Å²) in [7, 11) is 1.19. The molecule has 0 aliphatic carbocycles. The lowest BCUT2D eigenvalue weighted by molar-refractivity contribution is 0.102. The number of benzene rings is 2. The van der Waals surface area contributed by atoms with E-state index >= 15 is 0 Å². The van der Waals surface area contributed by atoms with Crippen LogP contribution in [0.5, 0.6) is 5.75 Å². The molecule has 1 saturated heterocycles. The molecule has 3 heterocycles. The summed E-state index contributed by atoms with van der Waals surface area (Å²) in [5.41, 5.74) is 8.46. The molecule has 0 bridgehead atoms. The van der Waals surface area contributed by atoms with Gasteiger partial charge in [0.25, 0.3) is 5.91 Å². The Bertz CT molecular complexity index is 1660. The summed E-state index contributed by atoms with van der Waals surface area (Å²) in [6.07, 6.45) is 4.91. The molecule has 0 spiro atoms. The molecule has 4 N–H and O–H groups in total. The van der Waals surface area contributed by atoms with Gasteiger partial charge in [0.15, 0.2) is 17.4 Å². The van der Waals surface area contributed by atoms with E-state index in [2.05, 4.69) is 26.3 Å². The highest BCUT2D eigenvalue weighted by Gasteiger charge is 2.32. The first-order chi connectivity index (χ1) is 19.8. The van der Waals surface area contributed by atoms with Gasteiger partial charge in [0.1, 0.15) is 11.5 Å². The van der Waals surface area contributed by atoms with E-state index in [1.165, 1.54) is 25.6 Å². The van der Waals surface area contributed by atoms with Gasteiger partial charge in [-0.15, -0.1) is 0 Å². The summed E-state index contributed by atoms with van der Waals surface area (Å²) in [4.78, 5) is 27.6. The maximum Gasteiger partial charge on any atom is 0.274 e. The molecule has 2 atom stereocenters. The first-order valence-corrected chi connectivity index (χ1v) is 12.6. The molecule has 2 aromatic heterocycles. The van der Waals surface area contributed by atoms with Gasteiger partial charge in [-0.3, -0.25) is 9.78 Å². The molecule has 1 aliphatic rings. The third kappa shape index (κ3) is 5.41. The predicted molar refractivity (Wildman–Crippen MR) is 147 cm³/mol. The maximum absolute atomic E-state index is 14.7. The number of carbonyl (C=O) groups is 1. The van der Waals surface area contributed by atoms with Gasteiger partial charge in [0.2, 0.25) is 0 Å². The molecule has 0 radical (unpaired) electrons. The minimum atomic E-state index is -0.814. The second-order valence-corrected chi connectivity index (χ2v) is 9.41. The lowest BCUT2D eigenvalue weighted by Crippen LogP contribution is -2.33. The quantitative estimate of drug-likeness (QED) is 0.310. The second kappa shape index (κ2) is 11.6. The van der Waals surface area contributed by atoms with Crippen LogP contribution in [0.15, 0.2) is 61.1 Å². The number of hydrogen-bond donors (Lipinski definition) is 3. The summed E-state index contributed by atoms with van der Waals surface area (Å²) >= 11 is 0. The molecule has 12 heteroatoms. The van der Waals surface area contributed by atoms with Crippen molar-refractivity contribution in [1.82, 2.24) is 15.0 Å². The highest BCUT2D eigenvalue weighted by Crippen LogP contribution is 2.37. The average Bonchev–Trinajstić information content (AvgIpc) is 3.38. The summed E-state index contributed by atoms with van der Waals surface area (Å²) in [5, 5.41) is 22.5. The highest BCUT2D eigenvalue weighted by molar-refractivity contribution is 6.05. The third-order valence-corrected chi connectivity index (χ3v) is 6.84. The number of nitrogens with zero attached hydrogens (tertiary/aromatic N) is 5. The number of amides is 1. The van der Waals surface area contributed by atoms with Crippen molar-refractivity contribution in [3.05, 3.63) is 83.9 Å². The Labute approximate surface area is 234 Å². The van der Waals surface area contributed by atoms with Crippen molar-refractivity contribution < 1.29 is 23.4 Å². The molecule has 10 nitrogen and oxygen atoms in total. The smallest absolute Gasteiger partial charge is 0.274 e. The third-order valence-electron chi connectivity index (χ3n) is 6.84. The van der Waals surface area contributed by atoms with Gasteiger partial charge < -0.3 is 25.8 Å². The van der Waals surface area contributed by atoms with Gasteiger partial charge in [-0.05, 0) is 48.4 Å². The van der Waals surface area contributed by atoms with Crippen LogP contribution in [-0.4, -0.2) is 58.3 Å². The Kier molecular flexibility index (Phi) is 7.82. The van der Waals surface area contributed by atoms with E-state index in [-0.39, 0.29) is 41.5 Å². The minimum Gasteiger partial charge on any atom is -0.493 e. The molecule has 2 unspecified atom stereocenters. The number of nitrogens with two attached hydrogens (primary N) is 1. The van der Waals surface area contributed by atoms with Crippen molar-refractivity contribution >= 4 is 17.3 Å². The first kappa shape index (κ1) is 27.6. The van der Waals surface area contributed by atoms with Crippen LogP contribution >= 0.6 is 0 Å². The number of aliphatic hydroxyl groups is 1. The number of ether oxygens (including phenoxy) is 1. The molecule has 0 saturated carbocycles. The van der Waals surface area contributed by atoms with Crippen molar-refractivity contribution in [3.63, 3.8) is 0 Å². The SMILES string of the molecule is COc1c(F)ccc(F)c1-c1nccc(C(=O)Nc2ccc(-c3cnccc3C#N)cc2N2CC(N)CC2CO)n1. The summed E-state index contributed by atoms with van der Waals surface area (Å²) in [6, 6.07) is 11.7. The Morgan fingerprint density at radius 1 is 1.22 bits per heavy atom. The molecule has 5 rings (SSSR count). The lowest BCUT2D eigenvalue weighted by atomic mass is 10.0. The maximum atomic E-state index is 14.7. The van der Waals surface area contributed by atoms with Crippen molar-refractivity contribution in [3.8, 4) is 34.3 Å². The number of methoxy groups -OCH3 is 1. The van der Waals surface area contributed by atoms with E-state index in [0.29, 0.717) is 41.0 Å². The van der Waals surface area contributed by atoms with Crippen LogP contribution in [0, 0.1) is 23.0 Å². The standard InChI is InChI=1S/C29H25F2N7O3/c1-41-27-22(31)4-3-21(30)26(27)28-35-9-7-24(36-28)29(40)37-23-5-2-16(20-13-34-8-6-17(20)12-32)10-25(23)38-14-18(33)11-19(38)15-39/h2-10,13,18-19,39H,11,14-15,33H2,1H3,(H,37,40). The van der Waals surface area contributed by atoms with Gasteiger partial charge in [0, 0.05) is 36.7 Å². The van der Waals surface area contributed by atoms with E-state index in [1.54, 1.807) is 30.5 Å². The Morgan fingerprint density at radius 2 is 2.02 bits per heavy atom. The van der Waals surface area contributed by atoms with Gasteiger partial charge >= 0.3 is 0 Å². The monoisotopic (exact) mass is 557 g/mol. The van der Waals surface area contributed by atoms with Crippen LogP contribution in [0.25, 0.3) is 22.5 Å². The summed E-state index contributed by atoms with van der Waals surface area (Å²) < 4.78 is 33.9.